The van der Waals surface area contributed by atoms with E-state index in [-0.39, 0.29) is 12.5 Å². The van der Waals surface area contributed by atoms with E-state index in [2.05, 4.69) is 5.32 Å². The summed E-state index contributed by atoms with van der Waals surface area (Å²) in [4.78, 5) is 21.7. The Morgan fingerprint density at radius 3 is 2.75 bits per heavy atom. The molecule has 0 saturated heterocycles. The highest BCUT2D eigenvalue weighted by Gasteiger charge is 2.03. The quantitative estimate of drug-likeness (QED) is 0.759. The van der Waals surface area contributed by atoms with Crippen LogP contribution in [0.15, 0.2) is 24.3 Å². The van der Waals surface area contributed by atoms with E-state index < -0.39 is 5.91 Å². The van der Waals surface area contributed by atoms with Gasteiger partial charge in [0.15, 0.2) is 0 Å². The zero-order chi connectivity index (χ0) is 12.0. The Bertz CT molecular complexity index is 388. The van der Waals surface area contributed by atoms with Gasteiger partial charge in [-0.3, -0.25) is 9.59 Å². The normalized spacial score (nSPS) is 9.81. The van der Waals surface area contributed by atoms with Gasteiger partial charge in [0, 0.05) is 6.42 Å². The molecular formula is C12H16N2O2. The van der Waals surface area contributed by atoms with Crippen molar-refractivity contribution in [2.24, 2.45) is 5.73 Å². The minimum Gasteiger partial charge on any atom is -0.368 e. The number of nitrogens with one attached hydrogen (secondary N) is 1. The lowest BCUT2D eigenvalue weighted by atomic mass is 10.1. The Morgan fingerprint density at radius 1 is 1.38 bits per heavy atom. The highest BCUT2D eigenvalue weighted by Crippen LogP contribution is 2.06. The van der Waals surface area contributed by atoms with Crippen molar-refractivity contribution >= 4 is 11.8 Å². The molecule has 1 aromatic rings. The summed E-state index contributed by atoms with van der Waals surface area (Å²) in [6.45, 7) is 1.92. The number of aryl methyl sites for hydroxylation is 2. The maximum atomic E-state index is 11.3. The summed E-state index contributed by atoms with van der Waals surface area (Å²) < 4.78 is 0. The molecule has 0 fully saturated rings. The predicted molar refractivity (Wildman–Crippen MR) is 61.7 cm³/mol. The Balaban J connectivity index is 2.34. The topological polar surface area (TPSA) is 72.2 Å². The summed E-state index contributed by atoms with van der Waals surface area (Å²) in [7, 11) is 0. The molecule has 86 valence electrons. The molecular weight excluding hydrogens is 204 g/mol. The molecule has 3 N–H and O–H groups in total. The van der Waals surface area contributed by atoms with E-state index in [0.717, 1.165) is 5.56 Å². The molecule has 0 unspecified atom stereocenters. The highest BCUT2D eigenvalue weighted by molar-refractivity contribution is 5.83. The molecule has 0 aromatic heterocycles. The largest absolute Gasteiger partial charge is 0.368 e. The maximum absolute atomic E-state index is 11.3. The van der Waals surface area contributed by atoms with Gasteiger partial charge in [-0.1, -0.05) is 29.8 Å². The van der Waals surface area contributed by atoms with Crippen molar-refractivity contribution in [3.8, 4) is 0 Å². The first kappa shape index (κ1) is 12.2. The molecule has 4 nitrogen and oxygen atoms in total. The van der Waals surface area contributed by atoms with Crippen molar-refractivity contribution in [2.75, 3.05) is 6.54 Å². The average Bonchev–Trinajstić information content (AvgIpc) is 2.23. The van der Waals surface area contributed by atoms with Crippen LogP contribution in [0.1, 0.15) is 17.5 Å². The first-order chi connectivity index (χ1) is 7.58. The molecule has 0 saturated carbocycles. The molecule has 16 heavy (non-hydrogen) atoms. The molecule has 1 aromatic carbocycles. The summed E-state index contributed by atoms with van der Waals surface area (Å²) in [5, 5.41) is 2.45. The Morgan fingerprint density at radius 2 is 2.12 bits per heavy atom. The molecule has 0 bridgehead atoms. The second-order valence-corrected chi connectivity index (χ2v) is 3.73. The molecule has 0 atom stereocenters. The first-order valence-corrected chi connectivity index (χ1v) is 5.18. The van der Waals surface area contributed by atoms with Gasteiger partial charge in [0.25, 0.3) is 0 Å². The maximum Gasteiger partial charge on any atom is 0.236 e. The fourth-order valence-corrected chi connectivity index (χ4v) is 1.40. The van der Waals surface area contributed by atoms with E-state index in [1.54, 1.807) is 0 Å². The van der Waals surface area contributed by atoms with Crippen LogP contribution in [-0.4, -0.2) is 18.4 Å². The van der Waals surface area contributed by atoms with E-state index in [9.17, 15) is 9.59 Å². The van der Waals surface area contributed by atoms with Crippen molar-refractivity contribution in [1.29, 1.82) is 0 Å². The lowest BCUT2D eigenvalue weighted by molar-refractivity contribution is -0.124. The number of carbonyl (C=O) groups is 2. The van der Waals surface area contributed by atoms with Gasteiger partial charge in [-0.15, -0.1) is 0 Å². The summed E-state index contributed by atoms with van der Waals surface area (Å²) in [6.07, 6.45) is 1.04. The third-order valence-corrected chi connectivity index (χ3v) is 2.18. The number of hydrogen-bond acceptors (Lipinski definition) is 2. The minimum absolute atomic E-state index is 0.0906. The van der Waals surface area contributed by atoms with Gasteiger partial charge in [0.1, 0.15) is 0 Å². The summed E-state index contributed by atoms with van der Waals surface area (Å²) >= 11 is 0. The minimum atomic E-state index is -0.524. The number of hydrogen-bond donors (Lipinski definition) is 2. The van der Waals surface area contributed by atoms with Gasteiger partial charge >= 0.3 is 0 Å². The molecule has 0 aliphatic heterocycles. The fraction of sp³-hybridized carbons (Fsp3) is 0.333. The zero-order valence-electron chi connectivity index (χ0n) is 9.32. The highest BCUT2D eigenvalue weighted by atomic mass is 16.2. The first-order valence-electron chi connectivity index (χ1n) is 5.18. The fourth-order valence-electron chi connectivity index (χ4n) is 1.40. The van der Waals surface area contributed by atoms with Crippen LogP contribution in [0.5, 0.6) is 0 Å². The number of carbonyl (C=O) groups excluding carboxylic acids is 2. The molecule has 0 heterocycles. The van der Waals surface area contributed by atoms with Crippen LogP contribution >= 0.6 is 0 Å². The van der Waals surface area contributed by atoms with Gasteiger partial charge in [-0.05, 0) is 18.9 Å². The van der Waals surface area contributed by atoms with Crippen LogP contribution in [0.3, 0.4) is 0 Å². The smallest absolute Gasteiger partial charge is 0.236 e. The second-order valence-electron chi connectivity index (χ2n) is 3.73. The molecule has 0 aliphatic rings. The summed E-state index contributed by atoms with van der Waals surface area (Å²) in [5.41, 5.74) is 7.21. The van der Waals surface area contributed by atoms with Crippen LogP contribution < -0.4 is 11.1 Å². The zero-order valence-corrected chi connectivity index (χ0v) is 9.32. The van der Waals surface area contributed by atoms with Gasteiger partial charge in [0.05, 0.1) is 6.54 Å². The van der Waals surface area contributed by atoms with E-state index in [0.29, 0.717) is 12.8 Å². The van der Waals surface area contributed by atoms with Crippen LogP contribution in [0.4, 0.5) is 0 Å². The monoisotopic (exact) mass is 220 g/mol. The molecule has 0 spiro atoms. The van der Waals surface area contributed by atoms with Gasteiger partial charge in [0.2, 0.25) is 11.8 Å². The van der Waals surface area contributed by atoms with E-state index in [4.69, 9.17) is 5.73 Å². The number of benzene rings is 1. The molecule has 0 radical (unpaired) electrons. The lowest BCUT2D eigenvalue weighted by Crippen LogP contribution is -2.33. The Hall–Kier alpha value is -1.84. The van der Waals surface area contributed by atoms with Crippen LogP contribution in [0, 0.1) is 6.92 Å². The van der Waals surface area contributed by atoms with Gasteiger partial charge < -0.3 is 11.1 Å². The lowest BCUT2D eigenvalue weighted by Gasteiger charge is -2.03. The third-order valence-electron chi connectivity index (χ3n) is 2.18. The van der Waals surface area contributed by atoms with E-state index in [1.165, 1.54) is 5.56 Å². The van der Waals surface area contributed by atoms with Gasteiger partial charge in [-0.2, -0.15) is 0 Å². The van der Waals surface area contributed by atoms with Crippen molar-refractivity contribution < 1.29 is 9.59 Å². The molecule has 4 heteroatoms. The van der Waals surface area contributed by atoms with E-state index in [1.807, 2.05) is 31.2 Å². The molecule has 1 rings (SSSR count). The van der Waals surface area contributed by atoms with Crippen molar-refractivity contribution in [1.82, 2.24) is 5.32 Å². The third kappa shape index (κ3) is 4.59. The van der Waals surface area contributed by atoms with Crippen LogP contribution in [0.2, 0.25) is 0 Å². The molecule has 0 aliphatic carbocycles. The number of rotatable bonds is 5. The van der Waals surface area contributed by atoms with Crippen molar-refractivity contribution in [3.63, 3.8) is 0 Å². The van der Waals surface area contributed by atoms with Crippen molar-refractivity contribution in [2.45, 2.75) is 19.8 Å². The second kappa shape index (κ2) is 5.90. The number of amides is 2. The predicted octanol–water partition coefficient (Wildman–Crippen LogP) is 0.529. The number of primary amides is 1. The molecule has 2 amide bonds. The summed E-state index contributed by atoms with van der Waals surface area (Å²) in [5.74, 6) is -0.677. The average molecular weight is 220 g/mol. The van der Waals surface area contributed by atoms with Crippen LogP contribution in [0.25, 0.3) is 0 Å². The van der Waals surface area contributed by atoms with E-state index >= 15 is 0 Å². The SMILES string of the molecule is Cc1cccc(CCC(=O)NCC(N)=O)c1. The van der Waals surface area contributed by atoms with Gasteiger partial charge in [-0.25, -0.2) is 0 Å². The summed E-state index contributed by atoms with van der Waals surface area (Å²) in [6, 6.07) is 8.00. The Labute approximate surface area is 94.8 Å². The number of nitrogens with two attached hydrogens (primary N) is 1. The standard InChI is InChI=1S/C12H16N2O2/c1-9-3-2-4-10(7-9)5-6-12(16)14-8-11(13)15/h2-4,7H,5-6,8H2,1H3,(H2,13,15)(H,14,16). The Kier molecular flexibility index (Phi) is 4.51. The van der Waals surface area contributed by atoms with Crippen LogP contribution in [-0.2, 0) is 16.0 Å². The van der Waals surface area contributed by atoms with Crippen molar-refractivity contribution in [3.05, 3.63) is 35.4 Å².